The molecule has 0 radical (unpaired) electrons. The van der Waals surface area contributed by atoms with Crippen LogP contribution in [0.25, 0.3) is 16.2 Å². The highest BCUT2D eigenvalue weighted by Crippen LogP contribution is 2.23. The fraction of sp³-hybridized carbons (Fsp3) is 0.118. The van der Waals surface area contributed by atoms with Gasteiger partial charge in [-0.2, -0.15) is 4.37 Å². The van der Waals surface area contributed by atoms with Gasteiger partial charge in [0.2, 0.25) is 0 Å². The van der Waals surface area contributed by atoms with E-state index in [1.54, 1.807) is 23.8 Å². The highest BCUT2D eigenvalue weighted by Gasteiger charge is 2.05. The molecule has 0 unspecified atom stereocenters. The second-order valence-electron chi connectivity index (χ2n) is 5.30. The van der Waals surface area contributed by atoms with E-state index < -0.39 is 5.91 Å². The first-order valence-electron chi connectivity index (χ1n) is 7.32. The van der Waals surface area contributed by atoms with Crippen LogP contribution in [-0.2, 0) is 0 Å². The number of benzene rings is 1. The number of carbonyl (C=O) groups excluding carboxylic acids is 1. The summed E-state index contributed by atoms with van der Waals surface area (Å²) in [6.45, 7) is 2.67. The monoisotopic (exact) mass is 340 g/mol. The Morgan fingerprint density at radius 3 is 2.83 bits per heavy atom. The summed E-state index contributed by atoms with van der Waals surface area (Å²) >= 11 is 1.45. The van der Waals surface area contributed by atoms with Crippen LogP contribution in [-0.4, -0.2) is 27.0 Å². The molecule has 0 spiro atoms. The van der Waals surface area contributed by atoms with Crippen molar-refractivity contribution in [3.05, 3.63) is 59.4 Å². The van der Waals surface area contributed by atoms with Gasteiger partial charge >= 0.3 is 0 Å². The van der Waals surface area contributed by atoms with Gasteiger partial charge in [0.1, 0.15) is 5.82 Å². The molecule has 0 aliphatic carbocycles. The Balaban J connectivity index is 1.68. The van der Waals surface area contributed by atoms with Crippen LogP contribution >= 0.6 is 11.5 Å². The Hall–Kier alpha value is -2.77. The standard InChI is InChI=1S/C17H16N4O2S/c1-11(8-12-2-4-13(5-3-12)17(22)21-23)9-19-16-14-10-20-24-15(14)6-7-18-16/h2-8,10,23H,9H2,1H3,(H,18,19)(H,21,22)/b11-8+. The lowest BCUT2D eigenvalue weighted by atomic mass is 10.1. The van der Waals surface area contributed by atoms with Gasteiger partial charge in [-0.05, 0) is 42.2 Å². The van der Waals surface area contributed by atoms with Crippen LogP contribution in [0.2, 0.25) is 0 Å². The number of hydroxylamine groups is 1. The van der Waals surface area contributed by atoms with Crippen LogP contribution in [0, 0.1) is 0 Å². The molecule has 3 aromatic rings. The molecule has 2 aromatic heterocycles. The smallest absolute Gasteiger partial charge is 0.274 e. The molecule has 0 atom stereocenters. The van der Waals surface area contributed by atoms with E-state index in [1.165, 1.54) is 11.5 Å². The summed E-state index contributed by atoms with van der Waals surface area (Å²) in [6, 6.07) is 8.94. The Bertz CT molecular complexity index is 887. The van der Waals surface area contributed by atoms with E-state index in [0.29, 0.717) is 12.1 Å². The van der Waals surface area contributed by atoms with Crippen LogP contribution < -0.4 is 10.8 Å². The molecule has 3 N–H and O–H groups in total. The van der Waals surface area contributed by atoms with E-state index in [9.17, 15) is 4.79 Å². The first-order chi connectivity index (χ1) is 11.7. The van der Waals surface area contributed by atoms with E-state index in [0.717, 1.165) is 27.0 Å². The summed E-state index contributed by atoms with van der Waals surface area (Å²) < 4.78 is 5.29. The van der Waals surface area contributed by atoms with Gasteiger partial charge in [-0.15, -0.1) is 0 Å². The zero-order valence-corrected chi connectivity index (χ0v) is 13.8. The third-order valence-corrected chi connectivity index (χ3v) is 4.27. The van der Waals surface area contributed by atoms with Gasteiger partial charge in [0, 0.05) is 18.3 Å². The predicted octanol–water partition coefficient (Wildman–Crippen LogP) is 3.33. The first kappa shape index (κ1) is 16.1. The van der Waals surface area contributed by atoms with Crippen molar-refractivity contribution >= 4 is 39.4 Å². The Kier molecular flexibility index (Phi) is 4.83. The fourth-order valence-corrected chi connectivity index (χ4v) is 2.93. The molecule has 0 aliphatic rings. The SMILES string of the molecule is C/C(=C\c1ccc(C(=O)NO)cc1)CNc1nccc2sncc12. The van der Waals surface area contributed by atoms with Crippen molar-refractivity contribution in [3.8, 4) is 0 Å². The zero-order valence-electron chi connectivity index (χ0n) is 13.0. The molecule has 6 nitrogen and oxygen atoms in total. The molecule has 0 saturated carbocycles. The number of aromatic nitrogens is 2. The molecule has 0 saturated heterocycles. The van der Waals surface area contributed by atoms with Crippen molar-refractivity contribution in [2.75, 3.05) is 11.9 Å². The number of rotatable bonds is 5. The molecule has 2 heterocycles. The number of hydrogen-bond donors (Lipinski definition) is 3. The summed E-state index contributed by atoms with van der Waals surface area (Å²) in [5, 5.41) is 13.0. The Morgan fingerprint density at radius 2 is 2.08 bits per heavy atom. The summed E-state index contributed by atoms with van der Waals surface area (Å²) in [6.07, 6.45) is 5.62. The quantitative estimate of drug-likeness (QED) is 0.490. The topological polar surface area (TPSA) is 87.1 Å². The number of amides is 1. The first-order valence-corrected chi connectivity index (χ1v) is 8.09. The molecular weight excluding hydrogens is 324 g/mol. The predicted molar refractivity (Wildman–Crippen MR) is 95.3 cm³/mol. The molecule has 1 amide bonds. The van der Waals surface area contributed by atoms with Gasteiger partial charge < -0.3 is 5.32 Å². The third-order valence-electron chi connectivity index (χ3n) is 3.51. The largest absolute Gasteiger partial charge is 0.366 e. The fourth-order valence-electron chi connectivity index (χ4n) is 2.29. The highest BCUT2D eigenvalue weighted by molar-refractivity contribution is 7.13. The van der Waals surface area contributed by atoms with Crippen LogP contribution in [0.4, 0.5) is 5.82 Å². The molecule has 1 aromatic carbocycles. The van der Waals surface area contributed by atoms with Gasteiger partial charge in [-0.25, -0.2) is 10.5 Å². The van der Waals surface area contributed by atoms with Crippen molar-refractivity contribution in [3.63, 3.8) is 0 Å². The summed E-state index contributed by atoms with van der Waals surface area (Å²) in [5.41, 5.74) is 4.13. The second kappa shape index (κ2) is 7.20. The number of carbonyl (C=O) groups is 1. The van der Waals surface area contributed by atoms with Gasteiger partial charge in [0.15, 0.2) is 0 Å². The summed E-state index contributed by atoms with van der Waals surface area (Å²) in [4.78, 5) is 15.7. The second-order valence-corrected chi connectivity index (χ2v) is 6.14. The van der Waals surface area contributed by atoms with E-state index in [-0.39, 0.29) is 0 Å². The van der Waals surface area contributed by atoms with Crippen LogP contribution in [0.15, 0.2) is 48.3 Å². The third kappa shape index (κ3) is 3.58. The molecule has 24 heavy (non-hydrogen) atoms. The Labute approximate surface area is 143 Å². The van der Waals surface area contributed by atoms with Gasteiger partial charge in [0.05, 0.1) is 16.3 Å². The highest BCUT2D eigenvalue weighted by atomic mass is 32.1. The molecule has 0 bridgehead atoms. The number of fused-ring (bicyclic) bond motifs is 1. The van der Waals surface area contributed by atoms with Crippen molar-refractivity contribution < 1.29 is 10.0 Å². The van der Waals surface area contributed by atoms with E-state index in [2.05, 4.69) is 14.7 Å². The van der Waals surface area contributed by atoms with Gasteiger partial charge in [0.25, 0.3) is 5.91 Å². The van der Waals surface area contributed by atoms with Crippen LogP contribution in [0.5, 0.6) is 0 Å². The normalized spacial score (nSPS) is 11.5. The molecule has 0 fully saturated rings. The van der Waals surface area contributed by atoms with Crippen molar-refractivity contribution in [1.29, 1.82) is 0 Å². The lowest BCUT2D eigenvalue weighted by molar-refractivity contribution is 0.0706. The average molecular weight is 340 g/mol. The average Bonchev–Trinajstić information content (AvgIpc) is 3.09. The van der Waals surface area contributed by atoms with E-state index >= 15 is 0 Å². The number of hydrogen-bond acceptors (Lipinski definition) is 6. The number of anilines is 1. The Morgan fingerprint density at radius 1 is 1.29 bits per heavy atom. The maximum Gasteiger partial charge on any atom is 0.274 e. The summed E-state index contributed by atoms with van der Waals surface area (Å²) in [7, 11) is 0. The zero-order chi connectivity index (χ0) is 16.9. The molecule has 122 valence electrons. The maximum absolute atomic E-state index is 11.3. The lowest BCUT2D eigenvalue weighted by Gasteiger charge is -2.07. The van der Waals surface area contributed by atoms with Crippen LogP contribution in [0.1, 0.15) is 22.8 Å². The van der Waals surface area contributed by atoms with E-state index in [1.807, 2.05) is 37.4 Å². The van der Waals surface area contributed by atoms with Crippen molar-refractivity contribution in [2.45, 2.75) is 6.92 Å². The van der Waals surface area contributed by atoms with Gasteiger partial charge in [-0.3, -0.25) is 10.0 Å². The molecule has 7 heteroatoms. The van der Waals surface area contributed by atoms with Crippen LogP contribution in [0.3, 0.4) is 0 Å². The molecule has 3 rings (SSSR count). The van der Waals surface area contributed by atoms with Crippen molar-refractivity contribution in [2.24, 2.45) is 0 Å². The maximum atomic E-state index is 11.3. The minimum absolute atomic E-state index is 0.409. The minimum atomic E-state index is -0.521. The van der Waals surface area contributed by atoms with Gasteiger partial charge in [-0.1, -0.05) is 23.8 Å². The van der Waals surface area contributed by atoms with E-state index in [4.69, 9.17) is 5.21 Å². The number of pyridine rings is 1. The number of nitrogens with one attached hydrogen (secondary N) is 2. The lowest BCUT2D eigenvalue weighted by Crippen LogP contribution is -2.18. The van der Waals surface area contributed by atoms with Crippen molar-refractivity contribution in [1.82, 2.24) is 14.8 Å². The number of nitrogens with zero attached hydrogens (tertiary/aromatic N) is 2. The molecule has 0 aliphatic heterocycles. The minimum Gasteiger partial charge on any atom is -0.366 e. The summed E-state index contributed by atoms with van der Waals surface area (Å²) in [5.74, 6) is 0.302. The molecular formula is C17H16N4O2S.